The maximum Gasteiger partial charge on any atom is 0.303 e. The number of alkyl halides is 2. The van der Waals surface area contributed by atoms with Crippen molar-refractivity contribution >= 4 is 74.4 Å². The highest BCUT2D eigenvalue weighted by Crippen LogP contribution is 2.67. The van der Waals surface area contributed by atoms with Crippen LogP contribution in [-0.4, -0.2) is 68.1 Å². The highest BCUT2D eigenvalue weighted by molar-refractivity contribution is 9.10. The van der Waals surface area contributed by atoms with Crippen molar-refractivity contribution in [1.82, 2.24) is 4.90 Å². The zero-order valence-electron chi connectivity index (χ0n) is 23.6. The van der Waals surface area contributed by atoms with Gasteiger partial charge in [0, 0.05) is 28.9 Å². The summed E-state index contributed by atoms with van der Waals surface area (Å²) in [6.45, 7) is -0.0900. The van der Waals surface area contributed by atoms with Crippen LogP contribution in [-0.2, 0) is 24.0 Å². The lowest BCUT2D eigenvalue weighted by Crippen LogP contribution is -2.60. The molecule has 2 aromatic rings. The van der Waals surface area contributed by atoms with Crippen molar-refractivity contribution < 1.29 is 43.3 Å². The van der Waals surface area contributed by atoms with Crippen molar-refractivity contribution in [3.05, 3.63) is 63.9 Å². The minimum atomic E-state index is -2.23. The first-order valence-electron chi connectivity index (χ1n) is 14.1. The summed E-state index contributed by atoms with van der Waals surface area (Å²) in [7, 11) is 1.34. The van der Waals surface area contributed by atoms with Crippen LogP contribution < -0.4 is 9.64 Å². The van der Waals surface area contributed by atoms with Gasteiger partial charge in [0.15, 0.2) is 21.2 Å². The number of anilines is 1. The number of amides is 4. The van der Waals surface area contributed by atoms with Gasteiger partial charge in [-0.2, -0.15) is 0 Å². The first kappa shape index (κ1) is 31.5. The number of allylic oxidation sites excluding steroid dienone is 2. The largest absolute Gasteiger partial charge is 0.504 e. The van der Waals surface area contributed by atoms with E-state index in [4.69, 9.17) is 33.0 Å². The molecule has 0 spiro atoms. The second kappa shape index (κ2) is 11.1. The molecule has 6 rings (SSSR count). The number of phenolic OH excluding ortho intramolecular Hbond substituents is 1. The molecule has 3 fully saturated rings. The number of hydrogen-bond acceptors (Lipinski definition) is 7. The Hall–Kier alpha value is -3.48. The van der Waals surface area contributed by atoms with E-state index in [0.29, 0.717) is 10.0 Å². The summed E-state index contributed by atoms with van der Waals surface area (Å²) in [5.41, 5.74) is 0.587. The van der Waals surface area contributed by atoms with E-state index in [1.807, 2.05) is 0 Å². The Labute approximate surface area is 274 Å². The molecule has 236 valence electrons. The SMILES string of the molecule is COc1cc(Br)cc([C@H]2C3=CC[C@@H]4C(=O)N(CCCC(=O)O)C(=O)[C@@H]4[C@@H]3C[C@@]3(Cl)C(=O)N(c4ccc(F)cc4)C(=O)[C@@]23Cl)c1O. The third-order valence-electron chi connectivity index (χ3n) is 9.36. The Morgan fingerprint density at radius 2 is 1.78 bits per heavy atom. The number of fused-ring (bicyclic) bond motifs is 4. The number of phenols is 1. The smallest absolute Gasteiger partial charge is 0.303 e. The fourth-order valence-corrected chi connectivity index (χ4v) is 8.77. The molecular weight excluding hydrogens is 698 g/mol. The second-order valence-corrected chi connectivity index (χ2v) is 13.8. The summed E-state index contributed by atoms with van der Waals surface area (Å²) in [6, 6.07) is 7.67. The number of carbonyl (C=O) groups excluding carboxylic acids is 4. The Morgan fingerprint density at radius 3 is 2.42 bits per heavy atom. The predicted octanol–water partition coefficient (Wildman–Crippen LogP) is 4.73. The molecule has 1 saturated carbocycles. The van der Waals surface area contributed by atoms with Crippen LogP contribution in [0.15, 0.2) is 52.5 Å². The standard InChI is InChI=1S/C31H26BrCl2FN2O8/c1-45-21-12-14(32)11-19(25(21)40)24-17-8-9-18-23(27(42)36(26(18)41)10-2-3-22(38)39)20(17)13-30(33)28(43)37(29(44)31(24,30)34)16-6-4-15(35)5-7-16/h4-8,11-12,18,20,23-24,40H,2-3,9-10,13H2,1H3,(H,38,39)/t18-,20+,23-,24+,30+,31-/m0/s1. The van der Waals surface area contributed by atoms with Crippen molar-refractivity contribution in [2.75, 3.05) is 18.6 Å². The summed E-state index contributed by atoms with van der Waals surface area (Å²) >= 11 is 18.0. The number of carboxylic acids is 1. The molecule has 45 heavy (non-hydrogen) atoms. The van der Waals surface area contributed by atoms with Gasteiger partial charge >= 0.3 is 5.97 Å². The zero-order valence-corrected chi connectivity index (χ0v) is 26.7. The molecule has 2 aliphatic carbocycles. The summed E-state index contributed by atoms with van der Waals surface area (Å²) in [5, 5.41) is 20.5. The number of benzene rings is 2. The molecular formula is C31H26BrCl2FN2O8. The number of hydrogen-bond donors (Lipinski definition) is 2. The molecule has 10 nitrogen and oxygen atoms in total. The quantitative estimate of drug-likeness (QED) is 0.237. The molecule has 0 unspecified atom stereocenters. The molecule has 4 amide bonds. The van der Waals surface area contributed by atoms with Crippen LogP contribution in [0.1, 0.15) is 37.2 Å². The van der Waals surface area contributed by atoms with E-state index in [1.54, 1.807) is 6.08 Å². The maximum atomic E-state index is 14.4. The fourth-order valence-electron chi connectivity index (χ4n) is 7.39. The Balaban J connectivity index is 1.53. The van der Waals surface area contributed by atoms with Crippen molar-refractivity contribution in [3.8, 4) is 11.5 Å². The first-order valence-corrected chi connectivity index (χ1v) is 15.7. The van der Waals surface area contributed by atoms with E-state index in [9.17, 15) is 33.5 Å². The number of nitrogens with zero attached hydrogens (tertiary/aromatic N) is 2. The van der Waals surface area contributed by atoms with Crippen LogP contribution in [0, 0.1) is 23.6 Å². The van der Waals surface area contributed by atoms with E-state index in [2.05, 4.69) is 15.9 Å². The van der Waals surface area contributed by atoms with Crippen LogP contribution in [0.4, 0.5) is 10.1 Å². The highest BCUT2D eigenvalue weighted by Gasteiger charge is 2.77. The van der Waals surface area contributed by atoms with Crippen LogP contribution in [0.25, 0.3) is 0 Å². The van der Waals surface area contributed by atoms with Gasteiger partial charge in [0.2, 0.25) is 11.8 Å². The van der Waals surface area contributed by atoms with Gasteiger partial charge in [-0.25, -0.2) is 9.29 Å². The Bertz CT molecular complexity index is 1700. The normalized spacial score (nSPS) is 30.6. The third-order valence-corrected chi connectivity index (χ3v) is 11.2. The summed E-state index contributed by atoms with van der Waals surface area (Å²) in [6.07, 6.45) is 1.35. The van der Waals surface area contributed by atoms with Gasteiger partial charge in [0.1, 0.15) is 5.82 Å². The number of imide groups is 2. The molecule has 0 aromatic heterocycles. The number of ether oxygens (including phenoxy) is 1. The summed E-state index contributed by atoms with van der Waals surface area (Å²) in [5.74, 6) is -8.65. The van der Waals surface area contributed by atoms with E-state index in [-0.39, 0.29) is 55.0 Å². The summed E-state index contributed by atoms with van der Waals surface area (Å²) < 4.78 is 19.6. The molecule has 0 radical (unpaired) electrons. The van der Waals surface area contributed by atoms with Crippen LogP contribution in [0.5, 0.6) is 11.5 Å². The average Bonchev–Trinajstić information content (AvgIpc) is 3.32. The highest BCUT2D eigenvalue weighted by atomic mass is 79.9. The molecule has 4 aliphatic rings. The van der Waals surface area contributed by atoms with Gasteiger partial charge in [-0.05, 0) is 61.6 Å². The van der Waals surface area contributed by atoms with Gasteiger partial charge in [-0.15, -0.1) is 23.2 Å². The fraction of sp³-hybridized carbons (Fsp3) is 0.387. The first-order chi connectivity index (χ1) is 21.3. The molecule has 6 atom stereocenters. The molecule has 2 heterocycles. The Morgan fingerprint density at radius 1 is 1.09 bits per heavy atom. The molecule has 2 aliphatic heterocycles. The van der Waals surface area contributed by atoms with Crippen molar-refractivity contribution in [3.63, 3.8) is 0 Å². The maximum absolute atomic E-state index is 14.4. The third kappa shape index (κ3) is 4.51. The number of likely N-dealkylation sites (tertiary alicyclic amines) is 1. The number of carboxylic acid groups (broad SMARTS) is 1. The van der Waals surface area contributed by atoms with E-state index in [0.717, 1.165) is 21.9 Å². The average molecular weight is 724 g/mol. The topological polar surface area (TPSA) is 142 Å². The number of rotatable bonds is 7. The van der Waals surface area contributed by atoms with Crippen LogP contribution in [0.2, 0.25) is 0 Å². The lowest BCUT2D eigenvalue weighted by molar-refractivity contribution is -0.142. The zero-order chi connectivity index (χ0) is 32.6. The molecule has 2 saturated heterocycles. The van der Waals surface area contributed by atoms with Crippen molar-refractivity contribution in [1.29, 1.82) is 0 Å². The van der Waals surface area contributed by atoms with E-state index >= 15 is 0 Å². The monoisotopic (exact) mass is 722 g/mol. The van der Waals surface area contributed by atoms with Gasteiger partial charge in [-0.1, -0.05) is 27.6 Å². The number of halogens is 4. The molecule has 0 bridgehead atoms. The van der Waals surface area contributed by atoms with Crippen molar-refractivity contribution in [2.45, 2.75) is 41.3 Å². The van der Waals surface area contributed by atoms with E-state index < -0.39 is 68.8 Å². The van der Waals surface area contributed by atoms with Crippen LogP contribution >= 0.6 is 39.1 Å². The number of aromatic hydroxyl groups is 1. The van der Waals surface area contributed by atoms with Gasteiger partial charge in [-0.3, -0.25) is 28.9 Å². The lowest BCUT2D eigenvalue weighted by Gasteiger charge is -2.50. The molecule has 14 heteroatoms. The van der Waals surface area contributed by atoms with Gasteiger partial charge in [0.05, 0.1) is 24.6 Å². The number of carbonyl (C=O) groups is 5. The minimum Gasteiger partial charge on any atom is -0.504 e. The Kier molecular flexibility index (Phi) is 7.77. The predicted molar refractivity (Wildman–Crippen MR) is 163 cm³/mol. The number of methoxy groups -OCH3 is 1. The van der Waals surface area contributed by atoms with Crippen LogP contribution in [0.3, 0.4) is 0 Å². The molecule has 2 aromatic carbocycles. The van der Waals surface area contributed by atoms with E-state index in [1.165, 1.54) is 31.4 Å². The van der Waals surface area contributed by atoms with Gasteiger partial charge in [0.25, 0.3) is 11.8 Å². The minimum absolute atomic E-state index is 0.0298. The lowest BCUT2D eigenvalue weighted by atomic mass is 9.56. The molecule has 2 N–H and O–H groups in total. The van der Waals surface area contributed by atoms with Gasteiger partial charge < -0.3 is 14.9 Å². The van der Waals surface area contributed by atoms with Crippen molar-refractivity contribution in [2.24, 2.45) is 17.8 Å². The summed E-state index contributed by atoms with van der Waals surface area (Å²) in [4.78, 5) is 64.5. The number of aliphatic carboxylic acids is 1. The second-order valence-electron chi connectivity index (χ2n) is 11.6.